The standard InChI is InChI=1S/C17H16N4O.H2O4S/c18-17(19)20-11-14-21-15(12-7-3-1-4-8-12)16(22-14)13-9-5-2-6-10-13;1-5(2,3)4/h1-10H,11H2,(H4,18,19,20);(H2,1,2,3,4). The van der Waals surface area contributed by atoms with Crippen molar-refractivity contribution in [1.82, 2.24) is 4.98 Å². The Balaban J connectivity index is 0.000000465. The summed E-state index contributed by atoms with van der Waals surface area (Å²) in [6.07, 6.45) is 0. The van der Waals surface area contributed by atoms with E-state index >= 15 is 0 Å². The van der Waals surface area contributed by atoms with E-state index in [1.807, 2.05) is 60.7 Å². The van der Waals surface area contributed by atoms with Crippen molar-refractivity contribution >= 4 is 16.4 Å². The fraction of sp³-hybridized carbons (Fsp3) is 0.0588. The Labute approximate surface area is 156 Å². The van der Waals surface area contributed by atoms with E-state index in [4.69, 9.17) is 33.4 Å². The maximum Gasteiger partial charge on any atom is 0.394 e. The van der Waals surface area contributed by atoms with Crippen LogP contribution in [0.15, 0.2) is 70.1 Å². The molecule has 0 aliphatic rings. The molecule has 1 aromatic heterocycles. The van der Waals surface area contributed by atoms with Crippen molar-refractivity contribution < 1.29 is 21.9 Å². The molecular weight excluding hydrogens is 372 g/mol. The average molecular weight is 390 g/mol. The topological polar surface area (TPSA) is 165 Å². The highest BCUT2D eigenvalue weighted by Gasteiger charge is 2.16. The van der Waals surface area contributed by atoms with E-state index in [0.29, 0.717) is 11.7 Å². The van der Waals surface area contributed by atoms with Gasteiger partial charge in [-0.1, -0.05) is 60.7 Å². The van der Waals surface area contributed by atoms with Crippen molar-refractivity contribution in [1.29, 1.82) is 0 Å². The lowest BCUT2D eigenvalue weighted by molar-refractivity contribution is 0.381. The van der Waals surface area contributed by atoms with Gasteiger partial charge in [0, 0.05) is 11.1 Å². The number of aromatic nitrogens is 1. The van der Waals surface area contributed by atoms with Crippen LogP contribution in [0.4, 0.5) is 0 Å². The lowest BCUT2D eigenvalue weighted by Crippen LogP contribution is -2.22. The highest BCUT2D eigenvalue weighted by Crippen LogP contribution is 2.32. The third-order valence-electron chi connectivity index (χ3n) is 3.15. The molecule has 0 atom stereocenters. The van der Waals surface area contributed by atoms with Crippen LogP contribution in [0.2, 0.25) is 0 Å². The number of oxazole rings is 1. The minimum atomic E-state index is -4.67. The van der Waals surface area contributed by atoms with Crippen LogP contribution in [0.5, 0.6) is 0 Å². The lowest BCUT2D eigenvalue weighted by atomic mass is 10.1. The first kappa shape index (κ1) is 20.1. The third kappa shape index (κ3) is 6.90. The quantitative estimate of drug-likeness (QED) is 0.299. The summed E-state index contributed by atoms with van der Waals surface area (Å²) in [4.78, 5) is 8.50. The minimum Gasteiger partial charge on any atom is -0.438 e. The van der Waals surface area contributed by atoms with Crippen LogP contribution in [-0.4, -0.2) is 28.5 Å². The second kappa shape index (κ2) is 8.94. The van der Waals surface area contributed by atoms with Crippen LogP contribution in [0, 0.1) is 0 Å². The van der Waals surface area contributed by atoms with Gasteiger partial charge in [-0.15, -0.1) is 0 Å². The van der Waals surface area contributed by atoms with E-state index in [-0.39, 0.29) is 12.5 Å². The number of hydrogen-bond acceptors (Lipinski definition) is 5. The molecule has 0 radical (unpaired) electrons. The molecule has 0 spiro atoms. The predicted molar refractivity (Wildman–Crippen MR) is 101 cm³/mol. The molecule has 2 aromatic carbocycles. The fourth-order valence-corrected chi connectivity index (χ4v) is 2.17. The Bertz CT molecular complexity index is 933. The summed E-state index contributed by atoms with van der Waals surface area (Å²) in [7, 11) is -4.67. The number of benzene rings is 2. The zero-order valence-electron chi connectivity index (χ0n) is 14.1. The Kier molecular flexibility index (Phi) is 6.66. The molecule has 0 aliphatic heterocycles. The summed E-state index contributed by atoms with van der Waals surface area (Å²) in [5, 5.41) is 0. The molecule has 0 unspecified atom stereocenters. The summed E-state index contributed by atoms with van der Waals surface area (Å²) < 4.78 is 37.5. The van der Waals surface area contributed by atoms with E-state index in [0.717, 1.165) is 16.8 Å². The van der Waals surface area contributed by atoms with E-state index in [1.54, 1.807) is 0 Å². The van der Waals surface area contributed by atoms with Crippen LogP contribution >= 0.6 is 0 Å². The highest BCUT2D eigenvalue weighted by molar-refractivity contribution is 7.79. The number of rotatable bonds is 4. The van der Waals surface area contributed by atoms with Gasteiger partial charge in [-0.25, -0.2) is 9.98 Å². The normalized spacial score (nSPS) is 10.6. The molecule has 142 valence electrons. The molecule has 10 heteroatoms. The predicted octanol–water partition coefficient (Wildman–Crippen LogP) is 2.13. The second-order valence-corrected chi connectivity index (χ2v) is 6.10. The maximum atomic E-state index is 8.74. The van der Waals surface area contributed by atoms with Gasteiger partial charge in [0.2, 0.25) is 5.89 Å². The summed E-state index contributed by atoms with van der Waals surface area (Å²) in [6.45, 7) is 0.217. The number of guanidine groups is 1. The highest BCUT2D eigenvalue weighted by atomic mass is 32.3. The summed E-state index contributed by atoms with van der Waals surface area (Å²) in [6, 6.07) is 19.7. The molecule has 0 bridgehead atoms. The molecule has 0 amide bonds. The van der Waals surface area contributed by atoms with Gasteiger partial charge in [0.1, 0.15) is 12.2 Å². The van der Waals surface area contributed by atoms with E-state index in [9.17, 15) is 0 Å². The number of hydrogen-bond donors (Lipinski definition) is 4. The molecule has 1 heterocycles. The lowest BCUT2D eigenvalue weighted by Gasteiger charge is -2.00. The summed E-state index contributed by atoms with van der Waals surface area (Å²) >= 11 is 0. The molecule has 27 heavy (non-hydrogen) atoms. The molecule has 0 saturated heterocycles. The molecule has 6 N–H and O–H groups in total. The van der Waals surface area contributed by atoms with Gasteiger partial charge in [-0.3, -0.25) is 9.11 Å². The first-order valence-corrected chi connectivity index (χ1v) is 8.99. The largest absolute Gasteiger partial charge is 0.438 e. The number of nitrogens with two attached hydrogens (primary N) is 2. The monoisotopic (exact) mass is 390 g/mol. The molecule has 9 nitrogen and oxygen atoms in total. The van der Waals surface area contributed by atoms with Gasteiger partial charge in [0.15, 0.2) is 11.7 Å². The molecule has 0 aliphatic carbocycles. The Hall–Kier alpha value is -3.21. The molecule has 0 saturated carbocycles. The van der Waals surface area contributed by atoms with Crippen molar-refractivity contribution in [3.8, 4) is 22.6 Å². The zero-order valence-corrected chi connectivity index (χ0v) is 14.9. The average Bonchev–Trinajstić information content (AvgIpc) is 3.04. The Morgan fingerprint density at radius 1 is 0.963 bits per heavy atom. The van der Waals surface area contributed by atoms with Crippen molar-refractivity contribution in [3.05, 3.63) is 66.6 Å². The van der Waals surface area contributed by atoms with Crippen molar-refractivity contribution in [2.45, 2.75) is 6.54 Å². The van der Waals surface area contributed by atoms with Crippen molar-refractivity contribution in [2.75, 3.05) is 0 Å². The maximum absolute atomic E-state index is 8.74. The van der Waals surface area contributed by atoms with Gasteiger partial charge in [0.25, 0.3) is 0 Å². The molecule has 3 rings (SSSR count). The van der Waals surface area contributed by atoms with Gasteiger partial charge in [-0.2, -0.15) is 8.42 Å². The van der Waals surface area contributed by atoms with E-state index in [2.05, 4.69) is 9.98 Å². The molecular formula is C17H18N4O5S. The van der Waals surface area contributed by atoms with Gasteiger partial charge < -0.3 is 15.9 Å². The summed E-state index contributed by atoms with van der Waals surface area (Å²) in [5.74, 6) is 1.21. The first-order valence-electron chi connectivity index (χ1n) is 7.60. The SMILES string of the molecule is NC(N)=NCc1nc(-c2ccccc2)c(-c2ccccc2)o1.O=S(=O)(O)O. The van der Waals surface area contributed by atoms with Crippen LogP contribution in [0.25, 0.3) is 22.6 Å². The van der Waals surface area contributed by atoms with Crippen LogP contribution in [0.1, 0.15) is 5.89 Å². The molecule has 0 fully saturated rings. The van der Waals surface area contributed by atoms with E-state index < -0.39 is 10.4 Å². The van der Waals surface area contributed by atoms with Crippen molar-refractivity contribution in [3.63, 3.8) is 0 Å². The number of aliphatic imine (C=N–C) groups is 1. The fourth-order valence-electron chi connectivity index (χ4n) is 2.17. The molecule has 3 aromatic rings. The van der Waals surface area contributed by atoms with Gasteiger partial charge in [0.05, 0.1) is 0 Å². The van der Waals surface area contributed by atoms with Crippen LogP contribution in [-0.2, 0) is 16.9 Å². The van der Waals surface area contributed by atoms with E-state index in [1.165, 1.54) is 0 Å². The van der Waals surface area contributed by atoms with Crippen LogP contribution < -0.4 is 11.5 Å². The van der Waals surface area contributed by atoms with Gasteiger partial charge >= 0.3 is 10.4 Å². The Morgan fingerprint density at radius 2 is 1.44 bits per heavy atom. The second-order valence-electron chi connectivity index (χ2n) is 5.21. The van der Waals surface area contributed by atoms with Gasteiger partial charge in [-0.05, 0) is 0 Å². The third-order valence-corrected chi connectivity index (χ3v) is 3.15. The zero-order chi connectivity index (χ0) is 19.9. The smallest absolute Gasteiger partial charge is 0.394 e. The Morgan fingerprint density at radius 3 is 1.93 bits per heavy atom. The summed E-state index contributed by atoms with van der Waals surface area (Å²) in [5.41, 5.74) is 13.5. The number of nitrogens with zero attached hydrogens (tertiary/aromatic N) is 2. The minimum absolute atomic E-state index is 0.0146. The van der Waals surface area contributed by atoms with Crippen molar-refractivity contribution in [2.24, 2.45) is 16.5 Å². The first-order chi connectivity index (χ1) is 12.7. The van der Waals surface area contributed by atoms with Crippen LogP contribution in [0.3, 0.4) is 0 Å².